The average Bonchev–Trinajstić information content (AvgIpc) is 2.73. The van der Waals surface area contributed by atoms with Crippen LogP contribution in [0.15, 0.2) is 30.6 Å². The van der Waals surface area contributed by atoms with E-state index in [0.717, 1.165) is 0 Å². The highest BCUT2D eigenvalue weighted by Crippen LogP contribution is 2.23. The van der Waals surface area contributed by atoms with Gasteiger partial charge in [-0.25, -0.2) is 0 Å². The van der Waals surface area contributed by atoms with Crippen LogP contribution in [-0.4, -0.2) is 14.7 Å². The van der Waals surface area contributed by atoms with Crippen LogP contribution in [0, 0.1) is 10.1 Å². The fourth-order valence-corrected chi connectivity index (χ4v) is 1.63. The molecule has 1 aromatic carbocycles. The Labute approximate surface area is 108 Å². The van der Waals surface area contributed by atoms with E-state index in [9.17, 15) is 10.1 Å². The van der Waals surface area contributed by atoms with Crippen molar-refractivity contribution in [1.29, 1.82) is 0 Å². The molecule has 0 aliphatic carbocycles. The van der Waals surface area contributed by atoms with Crippen LogP contribution in [-0.2, 0) is 13.7 Å². The van der Waals surface area contributed by atoms with E-state index in [1.165, 1.54) is 12.1 Å². The number of non-ortho nitro benzene ring substituents is 1. The number of nitro benzene ring substituents is 1. The van der Waals surface area contributed by atoms with Crippen molar-refractivity contribution in [2.45, 2.75) is 6.61 Å². The Balaban J connectivity index is 2.08. The third kappa shape index (κ3) is 2.78. The molecule has 0 atom stereocenters. The second-order valence-electron chi connectivity index (χ2n) is 3.67. The Bertz CT molecular complexity index is 583. The first-order valence-corrected chi connectivity index (χ1v) is 5.48. The fraction of sp³-hybridized carbons (Fsp3) is 0.182. The van der Waals surface area contributed by atoms with Crippen LogP contribution < -0.4 is 4.74 Å². The molecule has 1 aromatic heterocycles. The summed E-state index contributed by atoms with van der Waals surface area (Å²) in [5, 5.41) is 14.8. The third-order valence-corrected chi connectivity index (χ3v) is 2.67. The van der Waals surface area contributed by atoms with Crippen molar-refractivity contribution >= 4 is 17.3 Å². The van der Waals surface area contributed by atoms with Gasteiger partial charge in [0.2, 0.25) is 0 Å². The summed E-state index contributed by atoms with van der Waals surface area (Å²) < 4.78 is 7.07. The van der Waals surface area contributed by atoms with E-state index in [0.29, 0.717) is 16.3 Å². The van der Waals surface area contributed by atoms with Gasteiger partial charge in [0.15, 0.2) is 5.75 Å². The van der Waals surface area contributed by atoms with Gasteiger partial charge < -0.3 is 4.74 Å². The standard InChI is InChI=1S/C11H10ClN3O3/c1-14-6-10(5-13-14)18-7-8-2-3-9(15(16)17)4-11(8)12/h2-6H,7H2,1H3. The van der Waals surface area contributed by atoms with Crippen molar-refractivity contribution in [3.05, 3.63) is 51.3 Å². The van der Waals surface area contributed by atoms with Gasteiger partial charge in [-0.3, -0.25) is 14.8 Å². The molecule has 0 spiro atoms. The highest BCUT2D eigenvalue weighted by atomic mass is 35.5. The molecule has 0 amide bonds. The smallest absolute Gasteiger partial charge is 0.270 e. The molecule has 2 aromatic rings. The van der Waals surface area contributed by atoms with E-state index in [1.54, 1.807) is 30.2 Å². The zero-order chi connectivity index (χ0) is 13.1. The van der Waals surface area contributed by atoms with Crippen molar-refractivity contribution in [3.63, 3.8) is 0 Å². The van der Waals surface area contributed by atoms with Gasteiger partial charge in [0.25, 0.3) is 5.69 Å². The van der Waals surface area contributed by atoms with Crippen LogP contribution >= 0.6 is 11.6 Å². The zero-order valence-electron chi connectivity index (χ0n) is 9.54. The minimum Gasteiger partial charge on any atom is -0.486 e. The number of nitrogens with zero attached hydrogens (tertiary/aromatic N) is 3. The van der Waals surface area contributed by atoms with Crippen LogP contribution in [0.2, 0.25) is 5.02 Å². The number of benzene rings is 1. The summed E-state index contributed by atoms with van der Waals surface area (Å²) in [6.45, 7) is 0.239. The molecular formula is C11H10ClN3O3. The lowest BCUT2D eigenvalue weighted by Crippen LogP contribution is -1.97. The molecule has 6 nitrogen and oxygen atoms in total. The van der Waals surface area contributed by atoms with Crippen LogP contribution in [0.5, 0.6) is 5.75 Å². The summed E-state index contributed by atoms with van der Waals surface area (Å²) >= 11 is 5.94. The minimum absolute atomic E-state index is 0.0369. The lowest BCUT2D eigenvalue weighted by molar-refractivity contribution is -0.384. The molecule has 94 valence electrons. The van der Waals surface area contributed by atoms with Crippen LogP contribution in [0.3, 0.4) is 0 Å². The largest absolute Gasteiger partial charge is 0.486 e. The number of nitro groups is 1. The lowest BCUT2D eigenvalue weighted by atomic mass is 10.2. The fourth-order valence-electron chi connectivity index (χ4n) is 1.40. The number of aromatic nitrogens is 2. The van der Waals surface area contributed by atoms with Crippen molar-refractivity contribution in [3.8, 4) is 5.75 Å². The monoisotopic (exact) mass is 267 g/mol. The molecule has 0 bridgehead atoms. The average molecular weight is 268 g/mol. The first kappa shape index (κ1) is 12.4. The van der Waals surface area contributed by atoms with Crippen molar-refractivity contribution < 1.29 is 9.66 Å². The van der Waals surface area contributed by atoms with Gasteiger partial charge in [-0.15, -0.1) is 0 Å². The number of hydrogen-bond acceptors (Lipinski definition) is 4. The SMILES string of the molecule is Cn1cc(OCc2ccc([N+](=O)[O-])cc2Cl)cn1. The molecule has 0 aliphatic rings. The van der Waals surface area contributed by atoms with Gasteiger partial charge in [0.1, 0.15) is 6.61 Å². The predicted octanol–water partition coefficient (Wildman–Crippen LogP) is 2.56. The number of halogens is 1. The molecule has 1 heterocycles. The maximum atomic E-state index is 10.6. The van der Waals surface area contributed by atoms with E-state index in [1.807, 2.05) is 0 Å². The Hall–Kier alpha value is -2.08. The topological polar surface area (TPSA) is 70.2 Å². The van der Waals surface area contributed by atoms with Gasteiger partial charge >= 0.3 is 0 Å². The molecule has 0 saturated carbocycles. The summed E-state index contributed by atoms with van der Waals surface area (Å²) in [6.07, 6.45) is 3.30. The highest BCUT2D eigenvalue weighted by molar-refractivity contribution is 6.31. The molecule has 0 radical (unpaired) electrons. The molecule has 0 aliphatic heterocycles. The molecule has 0 unspecified atom stereocenters. The Kier molecular flexibility index (Phi) is 3.47. The second-order valence-corrected chi connectivity index (χ2v) is 4.08. The van der Waals surface area contributed by atoms with E-state index in [4.69, 9.17) is 16.3 Å². The van der Waals surface area contributed by atoms with E-state index < -0.39 is 4.92 Å². The molecule has 0 fully saturated rings. The minimum atomic E-state index is -0.488. The normalized spacial score (nSPS) is 10.3. The second kappa shape index (κ2) is 5.05. The third-order valence-electron chi connectivity index (χ3n) is 2.32. The highest BCUT2D eigenvalue weighted by Gasteiger charge is 2.10. The zero-order valence-corrected chi connectivity index (χ0v) is 10.3. The maximum Gasteiger partial charge on any atom is 0.270 e. The summed E-state index contributed by atoms with van der Waals surface area (Å²) in [5.74, 6) is 0.618. The molecule has 2 rings (SSSR count). The van der Waals surface area contributed by atoms with Gasteiger partial charge in [-0.05, 0) is 6.07 Å². The molecular weight excluding hydrogens is 258 g/mol. The van der Waals surface area contributed by atoms with Crippen LogP contribution in [0.25, 0.3) is 0 Å². The van der Waals surface area contributed by atoms with Gasteiger partial charge in [0.05, 0.1) is 22.3 Å². The molecule has 0 saturated heterocycles. The summed E-state index contributed by atoms with van der Waals surface area (Å²) in [4.78, 5) is 10.1. The van der Waals surface area contributed by atoms with Gasteiger partial charge in [-0.2, -0.15) is 5.10 Å². The molecule has 0 N–H and O–H groups in total. The molecule has 7 heteroatoms. The Morgan fingerprint density at radius 2 is 2.33 bits per heavy atom. The summed E-state index contributed by atoms with van der Waals surface area (Å²) in [5.41, 5.74) is 0.649. The van der Waals surface area contributed by atoms with Gasteiger partial charge in [0, 0.05) is 24.7 Å². The molecule has 18 heavy (non-hydrogen) atoms. The van der Waals surface area contributed by atoms with Crippen LogP contribution in [0.1, 0.15) is 5.56 Å². The van der Waals surface area contributed by atoms with Crippen molar-refractivity contribution in [2.24, 2.45) is 7.05 Å². The Morgan fingerprint density at radius 1 is 1.56 bits per heavy atom. The van der Waals surface area contributed by atoms with Crippen molar-refractivity contribution in [2.75, 3.05) is 0 Å². The summed E-state index contributed by atoms with van der Waals surface area (Å²) in [7, 11) is 1.78. The van der Waals surface area contributed by atoms with Crippen LogP contribution in [0.4, 0.5) is 5.69 Å². The van der Waals surface area contributed by atoms with E-state index in [-0.39, 0.29) is 12.3 Å². The van der Waals surface area contributed by atoms with E-state index in [2.05, 4.69) is 5.10 Å². The quantitative estimate of drug-likeness (QED) is 0.630. The van der Waals surface area contributed by atoms with Gasteiger partial charge in [-0.1, -0.05) is 11.6 Å². The number of hydrogen-bond donors (Lipinski definition) is 0. The number of ether oxygens (including phenoxy) is 1. The number of aryl methyl sites for hydroxylation is 1. The predicted molar refractivity (Wildman–Crippen MR) is 65.6 cm³/mol. The van der Waals surface area contributed by atoms with Crippen molar-refractivity contribution in [1.82, 2.24) is 9.78 Å². The summed E-state index contributed by atoms with van der Waals surface area (Å²) in [6, 6.07) is 4.29. The number of rotatable bonds is 4. The first-order chi connectivity index (χ1) is 8.56. The maximum absolute atomic E-state index is 10.6. The first-order valence-electron chi connectivity index (χ1n) is 5.10. The Morgan fingerprint density at radius 3 is 2.89 bits per heavy atom. The lowest BCUT2D eigenvalue weighted by Gasteiger charge is -2.05. The van der Waals surface area contributed by atoms with E-state index >= 15 is 0 Å².